The van der Waals surface area contributed by atoms with Crippen molar-refractivity contribution in [2.24, 2.45) is 0 Å². The first-order valence-electron chi connectivity index (χ1n) is 7.88. The van der Waals surface area contributed by atoms with Gasteiger partial charge < -0.3 is 10.6 Å². The maximum Gasteiger partial charge on any atom is 0.221 e. The first-order chi connectivity index (χ1) is 11.6. The first kappa shape index (κ1) is 18.0. The molecule has 0 radical (unpaired) electrons. The van der Waals surface area contributed by atoms with E-state index in [0.717, 1.165) is 11.1 Å². The molecule has 0 bridgehead atoms. The van der Waals surface area contributed by atoms with Gasteiger partial charge in [-0.25, -0.2) is 0 Å². The molecule has 2 aromatic carbocycles. The Morgan fingerprint density at radius 3 is 2.29 bits per heavy atom. The molecule has 0 aliphatic rings. The zero-order valence-electron chi connectivity index (χ0n) is 13.6. The molecule has 0 fully saturated rings. The molecule has 0 saturated carbocycles. The highest BCUT2D eigenvalue weighted by molar-refractivity contribution is 6.30. The fraction of sp³-hybridized carbons (Fsp3) is 0.263. The molecule has 126 valence electrons. The third-order valence-corrected chi connectivity index (χ3v) is 3.90. The predicted molar refractivity (Wildman–Crippen MR) is 96.0 cm³/mol. The molecule has 0 spiro atoms. The summed E-state index contributed by atoms with van der Waals surface area (Å²) in [5, 5.41) is 6.14. The largest absolute Gasteiger partial charge is 0.355 e. The fourth-order valence-corrected chi connectivity index (χ4v) is 2.73. The van der Waals surface area contributed by atoms with E-state index in [9.17, 15) is 9.59 Å². The molecular weight excluding hydrogens is 324 g/mol. The van der Waals surface area contributed by atoms with Gasteiger partial charge in [-0.1, -0.05) is 54.1 Å². The van der Waals surface area contributed by atoms with Crippen LogP contribution in [0.4, 0.5) is 0 Å². The van der Waals surface area contributed by atoms with E-state index in [1.807, 2.05) is 54.6 Å². The molecule has 1 atom stereocenters. The molecule has 0 aliphatic heterocycles. The van der Waals surface area contributed by atoms with E-state index in [0.29, 0.717) is 24.5 Å². The van der Waals surface area contributed by atoms with Gasteiger partial charge in [0.15, 0.2) is 0 Å². The zero-order chi connectivity index (χ0) is 17.4. The van der Waals surface area contributed by atoms with Crippen molar-refractivity contribution in [3.63, 3.8) is 0 Å². The molecule has 2 N–H and O–H groups in total. The average molecular weight is 345 g/mol. The summed E-state index contributed by atoms with van der Waals surface area (Å²) in [6, 6.07) is 17.5. The van der Waals surface area contributed by atoms with E-state index in [1.54, 1.807) is 0 Å². The third kappa shape index (κ3) is 5.70. The minimum atomic E-state index is -0.106. The van der Waals surface area contributed by atoms with Crippen LogP contribution >= 0.6 is 11.6 Å². The molecule has 4 nitrogen and oxygen atoms in total. The normalized spacial score (nSPS) is 11.6. The Labute approximate surface area is 147 Å². The Balaban J connectivity index is 2.07. The van der Waals surface area contributed by atoms with Crippen molar-refractivity contribution in [2.45, 2.75) is 19.3 Å². The number of hydrogen-bond acceptors (Lipinski definition) is 2. The van der Waals surface area contributed by atoms with E-state index >= 15 is 0 Å². The molecule has 2 aromatic rings. The van der Waals surface area contributed by atoms with Gasteiger partial charge in [-0.05, 0) is 23.3 Å². The highest BCUT2D eigenvalue weighted by Gasteiger charge is 2.18. The second-order valence-corrected chi connectivity index (χ2v) is 5.99. The Morgan fingerprint density at radius 1 is 0.958 bits per heavy atom. The lowest BCUT2D eigenvalue weighted by molar-refractivity contribution is -0.122. The van der Waals surface area contributed by atoms with Crippen LogP contribution in [-0.2, 0) is 9.59 Å². The van der Waals surface area contributed by atoms with Crippen LogP contribution in [0.3, 0.4) is 0 Å². The number of carbonyl (C=O) groups excluding carboxylic acids is 2. The second-order valence-electron chi connectivity index (χ2n) is 5.56. The Morgan fingerprint density at radius 2 is 1.62 bits per heavy atom. The van der Waals surface area contributed by atoms with E-state index < -0.39 is 0 Å². The first-order valence-corrected chi connectivity index (χ1v) is 8.25. The van der Waals surface area contributed by atoms with Crippen LogP contribution in [0, 0.1) is 0 Å². The summed E-state index contributed by atoms with van der Waals surface area (Å²) in [5.41, 5.74) is 2.07. The van der Waals surface area contributed by atoms with Crippen molar-refractivity contribution in [3.8, 4) is 0 Å². The van der Waals surface area contributed by atoms with Gasteiger partial charge in [0, 0.05) is 37.4 Å². The molecule has 0 heterocycles. The number of rotatable bonds is 7. The lowest BCUT2D eigenvalue weighted by atomic mass is 9.88. The van der Waals surface area contributed by atoms with Gasteiger partial charge in [0.25, 0.3) is 0 Å². The Hall–Kier alpha value is -2.33. The summed E-state index contributed by atoms with van der Waals surface area (Å²) < 4.78 is 0. The summed E-state index contributed by atoms with van der Waals surface area (Å²) in [6.07, 6.45) is 0.324. The highest BCUT2D eigenvalue weighted by atomic mass is 35.5. The Kier molecular flexibility index (Phi) is 6.82. The number of hydrogen-bond donors (Lipinski definition) is 2. The van der Waals surface area contributed by atoms with Gasteiger partial charge in [-0.3, -0.25) is 9.59 Å². The van der Waals surface area contributed by atoms with Crippen molar-refractivity contribution in [3.05, 3.63) is 70.7 Å². The van der Waals surface area contributed by atoms with Crippen molar-refractivity contribution < 1.29 is 9.59 Å². The summed E-state index contributed by atoms with van der Waals surface area (Å²) in [4.78, 5) is 23.1. The lowest BCUT2D eigenvalue weighted by Crippen LogP contribution is -2.34. The van der Waals surface area contributed by atoms with Crippen LogP contribution in [0.5, 0.6) is 0 Å². The SMILES string of the molecule is CC(=O)NCCNC(=O)CC(c1ccccc1)c1cccc(Cl)c1. The molecule has 2 amide bonds. The van der Waals surface area contributed by atoms with Crippen LogP contribution < -0.4 is 10.6 Å². The summed E-state index contributed by atoms with van der Waals surface area (Å²) >= 11 is 6.10. The van der Waals surface area contributed by atoms with Crippen molar-refractivity contribution >= 4 is 23.4 Å². The standard InChI is InChI=1S/C19H21ClN2O2/c1-14(23)21-10-11-22-19(24)13-18(15-6-3-2-4-7-15)16-8-5-9-17(20)12-16/h2-9,12,18H,10-11,13H2,1H3,(H,21,23)(H,22,24). The van der Waals surface area contributed by atoms with Gasteiger partial charge in [0.1, 0.15) is 0 Å². The van der Waals surface area contributed by atoms with Crippen LogP contribution in [-0.4, -0.2) is 24.9 Å². The number of amides is 2. The van der Waals surface area contributed by atoms with Gasteiger partial charge in [0.2, 0.25) is 11.8 Å². The van der Waals surface area contributed by atoms with Crippen molar-refractivity contribution in [1.82, 2.24) is 10.6 Å². The van der Waals surface area contributed by atoms with Crippen LogP contribution in [0.15, 0.2) is 54.6 Å². The quantitative estimate of drug-likeness (QED) is 0.758. The van der Waals surface area contributed by atoms with Crippen LogP contribution in [0.1, 0.15) is 30.4 Å². The second kappa shape index (κ2) is 9.08. The predicted octanol–water partition coefficient (Wildman–Crippen LogP) is 3.11. The van der Waals surface area contributed by atoms with Crippen LogP contribution in [0.2, 0.25) is 5.02 Å². The number of benzene rings is 2. The van der Waals surface area contributed by atoms with Gasteiger partial charge in [-0.15, -0.1) is 0 Å². The topological polar surface area (TPSA) is 58.2 Å². The summed E-state index contributed by atoms with van der Waals surface area (Å²) in [5.74, 6) is -0.231. The average Bonchev–Trinajstić information content (AvgIpc) is 2.57. The third-order valence-electron chi connectivity index (χ3n) is 3.66. The molecule has 2 rings (SSSR count). The minimum Gasteiger partial charge on any atom is -0.355 e. The molecular formula is C19H21ClN2O2. The molecule has 0 aromatic heterocycles. The molecule has 24 heavy (non-hydrogen) atoms. The van der Waals surface area contributed by atoms with Gasteiger partial charge in [0.05, 0.1) is 0 Å². The highest BCUT2D eigenvalue weighted by Crippen LogP contribution is 2.29. The van der Waals surface area contributed by atoms with E-state index in [2.05, 4.69) is 10.6 Å². The number of carbonyl (C=O) groups is 2. The smallest absolute Gasteiger partial charge is 0.221 e. The molecule has 1 unspecified atom stereocenters. The minimum absolute atomic E-state index is 0.0609. The monoisotopic (exact) mass is 344 g/mol. The molecule has 5 heteroatoms. The molecule has 0 saturated heterocycles. The zero-order valence-corrected chi connectivity index (χ0v) is 14.3. The van der Waals surface area contributed by atoms with Crippen LogP contribution in [0.25, 0.3) is 0 Å². The summed E-state index contributed by atoms with van der Waals surface area (Å²) in [7, 11) is 0. The fourth-order valence-electron chi connectivity index (χ4n) is 2.53. The van der Waals surface area contributed by atoms with Gasteiger partial charge in [-0.2, -0.15) is 0 Å². The van der Waals surface area contributed by atoms with E-state index in [4.69, 9.17) is 11.6 Å². The van der Waals surface area contributed by atoms with E-state index in [-0.39, 0.29) is 17.7 Å². The maximum absolute atomic E-state index is 12.3. The maximum atomic E-state index is 12.3. The number of nitrogens with one attached hydrogen (secondary N) is 2. The van der Waals surface area contributed by atoms with Crippen molar-refractivity contribution in [2.75, 3.05) is 13.1 Å². The number of halogens is 1. The van der Waals surface area contributed by atoms with Gasteiger partial charge >= 0.3 is 0 Å². The summed E-state index contributed by atoms with van der Waals surface area (Å²) in [6.45, 7) is 2.29. The lowest BCUT2D eigenvalue weighted by Gasteiger charge is -2.18. The van der Waals surface area contributed by atoms with Crippen molar-refractivity contribution in [1.29, 1.82) is 0 Å². The van der Waals surface area contributed by atoms with E-state index in [1.165, 1.54) is 6.92 Å². The Bertz CT molecular complexity index is 689. The molecule has 0 aliphatic carbocycles.